The zero-order valence-electron chi connectivity index (χ0n) is 14.4. The van der Waals surface area contributed by atoms with Crippen LogP contribution in [0.2, 0.25) is 10.0 Å². The predicted octanol–water partition coefficient (Wildman–Crippen LogP) is 3.38. The normalized spacial score (nSPS) is 35.3. The van der Waals surface area contributed by atoms with Gasteiger partial charge < -0.3 is 5.32 Å². The summed E-state index contributed by atoms with van der Waals surface area (Å²) in [6.07, 6.45) is 5.46. The number of allylic oxidation sites excluding steroid dienone is 2. The fraction of sp³-hybridized carbons (Fsp3) is 0.450. The van der Waals surface area contributed by atoms with Gasteiger partial charge in [-0.15, -0.1) is 0 Å². The quantitative estimate of drug-likeness (QED) is 0.617. The van der Waals surface area contributed by atoms with Crippen LogP contribution in [0.1, 0.15) is 12.8 Å². The van der Waals surface area contributed by atoms with Crippen LogP contribution in [0, 0.1) is 35.5 Å². The van der Waals surface area contributed by atoms with E-state index < -0.39 is 0 Å². The van der Waals surface area contributed by atoms with Crippen LogP contribution >= 0.6 is 23.2 Å². The number of benzene rings is 1. The lowest BCUT2D eigenvalue weighted by Crippen LogP contribution is -2.40. The van der Waals surface area contributed by atoms with Gasteiger partial charge in [0.1, 0.15) is 0 Å². The number of anilines is 1. The molecule has 1 saturated heterocycles. The van der Waals surface area contributed by atoms with Crippen LogP contribution in [-0.2, 0) is 14.4 Å². The Kier molecular flexibility index (Phi) is 3.89. The van der Waals surface area contributed by atoms with Gasteiger partial charge in [-0.3, -0.25) is 19.3 Å². The second kappa shape index (κ2) is 6.08. The molecule has 6 rings (SSSR count). The molecule has 1 N–H and O–H groups in total. The molecule has 0 spiro atoms. The average molecular weight is 405 g/mol. The molecule has 1 aliphatic heterocycles. The zero-order valence-corrected chi connectivity index (χ0v) is 15.9. The van der Waals surface area contributed by atoms with Gasteiger partial charge in [-0.25, -0.2) is 0 Å². The van der Waals surface area contributed by atoms with E-state index in [0.29, 0.717) is 27.6 Å². The Hall–Kier alpha value is -1.85. The van der Waals surface area contributed by atoms with Crippen molar-refractivity contribution in [3.05, 3.63) is 40.4 Å². The first-order valence-electron chi connectivity index (χ1n) is 9.24. The smallest absolute Gasteiger partial charge is 0.233 e. The van der Waals surface area contributed by atoms with Crippen LogP contribution < -0.4 is 5.32 Å². The van der Waals surface area contributed by atoms with Crippen molar-refractivity contribution in [2.75, 3.05) is 11.9 Å². The second-order valence-corrected chi connectivity index (χ2v) is 8.75. The van der Waals surface area contributed by atoms with Gasteiger partial charge in [0.15, 0.2) is 0 Å². The minimum atomic E-state index is -0.307. The molecular formula is C20H18Cl2N2O3. The third-order valence-electron chi connectivity index (χ3n) is 6.52. The molecule has 5 aliphatic rings. The van der Waals surface area contributed by atoms with Crippen molar-refractivity contribution in [2.24, 2.45) is 35.5 Å². The summed E-state index contributed by atoms with van der Waals surface area (Å²) in [5, 5.41) is 3.54. The van der Waals surface area contributed by atoms with Gasteiger partial charge in [-0.2, -0.15) is 0 Å². The van der Waals surface area contributed by atoms with Crippen LogP contribution in [-0.4, -0.2) is 29.2 Å². The molecule has 2 bridgehead atoms. The molecule has 140 valence electrons. The highest BCUT2D eigenvalue weighted by molar-refractivity contribution is 6.35. The van der Waals surface area contributed by atoms with Crippen molar-refractivity contribution in [3.8, 4) is 0 Å². The minimum Gasteiger partial charge on any atom is -0.325 e. The predicted molar refractivity (Wildman–Crippen MR) is 101 cm³/mol. The van der Waals surface area contributed by atoms with Crippen molar-refractivity contribution >= 4 is 46.6 Å². The Bertz CT molecular complexity index is 863. The number of nitrogens with zero attached hydrogens (tertiary/aromatic N) is 1. The molecule has 27 heavy (non-hydrogen) atoms. The molecule has 4 aliphatic carbocycles. The van der Waals surface area contributed by atoms with Crippen LogP contribution in [0.3, 0.4) is 0 Å². The summed E-state index contributed by atoms with van der Waals surface area (Å²) in [7, 11) is 0. The summed E-state index contributed by atoms with van der Waals surface area (Å²) in [6, 6.07) is 4.81. The lowest BCUT2D eigenvalue weighted by atomic mass is 9.63. The first-order valence-corrected chi connectivity index (χ1v) is 10.00. The number of likely N-dealkylation sites (tertiary alicyclic amines) is 1. The fourth-order valence-electron chi connectivity index (χ4n) is 5.26. The number of carbonyl (C=O) groups is 3. The molecule has 3 amide bonds. The lowest BCUT2D eigenvalue weighted by molar-refractivity contribution is -0.140. The molecule has 5 nitrogen and oxygen atoms in total. The molecule has 6 atom stereocenters. The van der Waals surface area contributed by atoms with E-state index in [9.17, 15) is 14.4 Å². The topological polar surface area (TPSA) is 66.5 Å². The Morgan fingerprint density at radius 2 is 1.70 bits per heavy atom. The molecule has 1 heterocycles. The van der Waals surface area contributed by atoms with Crippen LogP contribution in [0.15, 0.2) is 30.4 Å². The molecule has 0 aromatic heterocycles. The largest absolute Gasteiger partial charge is 0.325 e. The monoisotopic (exact) mass is 404 g/mol. The molecule has 7 heteroatoms. The van der Waals surface area contributed by atoms with Crippen LogP contribution in [0.25, 0.3) is 0 Å². The van der Waals surface area contributed by atoms with Gasteiger partial charge >= 0.3 is 0 Å². The summed E-state index contributed by atoms with van der Waals surface area (Å²) in [5.74, 6) is 0.585. The Labute approximate surface area is 166 Å². The van der Waals surface area contributed by atoms with Gasteiger partial charge in [-0.1, -0.05) is 35.4 Å². The highest BCUT2D eigenvalue weighted by Gasteiger charge is 2.66. The van der Waals surface area contributed by atoms with Crippen molar-refractivity contribution in [1.29, 1.82) is 0 Å². The summed E-state index contributed by atoms with van der Waals surface area (Å²) in [6.45, 7) is 0.101. The molecular weight excluding hydrogens is 387 g/mol. The number of rotatable bonds is 4. The lowest BCUT2D eigenvalue weighted by Gasteiger charge is -2.37. The van der Waals surface area contributed by atoms with Gasteiger partial charge in [0.25, 0.3) is 0 Å². The third kappa shape index (κ3) is 2.63. The number of imide groups is 1. The summed E-state index contributed by atoms with van der Waals surface area (Å²) in [5.41, 5.74) is 0.421. The summed E-state index contributed by atoms with van der Waals surface area (Å²) >= 11 is 12.0. The highest BCUT2D eigenvalue weighted by Crippen LogP contribution is 2.65. The van der Waals surface area contributed by atoms with E-state index in [4.69, 9.17) is 23.2 Å². The van der Waals surface area contributed by atoms with Gasteiger partial charge in [0.05, 0.1) is 22.5 Å². The number of nitrogens with one attached hydrogen (secondary N) is 1. The Balaban J connectivity index is 1.26. The molecule has 0 unspecified atom stereocenters. The van der Waals surface area contributed by atoms with E-state index in [1.54, 1.807) is 18.2 Å². The van der Waals surface area contributed by atoms with E-state index in [1.807, 2.05) is 0 Å². The first kappa shape index (κ1) is 17.3. The number of hydrogen-bond acceptors (Lipinski definition) is 3. The maximum absolute atomic E-state index is 12.9. The van der Waals surface area contributed by atoms with E-state index in [1.165, 1.54) is 4.90 Å². The van der Waals surface area contributed by atoms with E-state index in [0.717, 1.165) is 6.42 Å². The fourth-order valence-corrected chi connectivity index (χ4v) is 5.60. The van der Waals surface area contributed by atoms with E-state index in [-0.39, 0.29) is 54.4 Å². The molecule has 0 radical (unpaired) electrons. The molecule has 3 fully saturated rings. The molecule has 1 aromatic rings. The number of amides is 3. The van der Waals surface area contributed by atoms with Crippen molar-refractivity contribution in [3.63, 3.8) is 0 Å². The van der Waals surface area contributed by atoms with Gasteiger partial charge in [0.2, 0.25) is 17.7 Å². The van der Waals surface area contributed by atoms with Crippen molar-refractivity contribution in [2.45, 2.75) is 12.8 Å². The maximum Gasteiger partial charge on any atom is 0.233 e. The highest BCUT2D eigenvalue weighted by atomic mass is 35.5. The summed E-state index contributed by atoms with van der Waals surface area (Å²) in [4.78, 5) is 39.3. The van der Waals surface area contributed by atoms with Crippen LogP contribution in [0.4, 0.5) is 5.69 Å². The van der Waals surface area contributed by atoms with Crippen molar-refractivity contribution < 1.29 is 14.4 Å². The standard InChI is InChI=1S/C20H18Cl2N2O3/c21-9-1-4-14(22)15(7-9)23-16(25)5-6-24-19(26)17-10-2-3-11(13-8-12(10)13)18(17)20(24)27/h1-4,7,10-13,17-18H,5-6,8H2,(H,23,25)/t10-,11-,12-,13+,17+,18+/m0/s1. The second-order valence-electron chi connectivity index (χ2n) is 7.91. The zero-order chi connectivity index (χ0) is 18.9. The molecule has 2 saturated carbocycles. The van der Waals surface area contributed by atoms with Crippen LogP contribution in [0.5, 0.6) is 0 Å². The van der Waals surface area contributed by atoms with E-state index >= 15 is 0 Å². The number of hydrogen-bond donors (Lipinski definition) is 1. The third-order valence-corrected chi connectivity index (χ3v) is 7.08. The number of carbonyl (C=O) groups excluding carboxylic acids is 3. The number of halogens is 2. The van der Waals surface area contributed by atoms with Crippen molar-refractivity contribution in [1.82, 2.24) is 4.90 Å². The maximum atomic E-state index is 12.9. The average Bonchev–Trinajstić information content (AvgIpc) is 3.42. The molecule has 1 aromatic carbocycles. The summed E-state index contributed by atoms with van der Waals surface area (Å²) < 4.78 is 0. The Morgan fingerprint density at radius 3 is 2.33 bits per heavy atom. The SMILES string of the molecule is O=C(CCN1C(=O)[C@@H]2[C@H]3C=C[C@@H]([C@@H]4C[C@H]34)[C@H]2C1=O)Nc1cc(Cl)ccc1Cl. The van der Waals surface area contributed by atoms with E-state index in [2.05, 4.69) is 17.5 Å². The minimum absolute atomic E-state index is 0.0371. The van der Waals surface area contributed by atoms with Gasteiger partial charge in [0, 0.05) is 18.0 Å². The van der Waals surface area contributed by atoms with Gasteiger partial charge in [-0.05, 0) is 48.3 Å². The Morgan fingerprint density at radius 1 is 1.07 bits per heavy atom. The first-order chi connectivity index (χ1) is 13.0.